The minimum absolute atomic E-state index is 0.189. The second-order valence-electron chi connectivity index (χ2n) is 4.54. The van der Waals surface area contributed by atoms with E-state index in [9.17, 15) is 0 Å². The molecule has 0 amide bonds. The van der Waals surface area contributed by atoms with Crippen LogP contribution in [0.15, 0.2) is 12.1 Å². The third kappa shape index (κ3) is 1.92. The third-order valence-corrected chi connectivity index (χ3v) is 3.69. The van der Waals surface area contributed by atoms with Crippen molar-refractivity contribution in [2.75, 3.05) is 0 Å². The van der Waals surface area contributed by atoms with E-state index < -0.39 is 0 Å². The zero-order valence-electron chi connectivity index (χ0n) is 9.35. The van der Waals surface area contributed by atoms with Gasteiger partial charge in [-0.25, -0.2) is 4.68 Å². The van der Waals surface area contributed by atoms with Crippen LogP contribution in [0.25, 0.3) is 10.7 Å². The Morgan fingerprint density at radius 1 is 1.27 bits per heavy atom. The van der Waals surface area contributed by atoms with Crippen molar-refractivity contribution in [3.8, 4) is 10.7 Å². The molecule has 2 aromatic heterocycles. The highest BCUT2D eigenvalue weighted by molar-refractivity contribution is 7.15. The summed E-state index contributed by atoms with van der Waals surface area (Å²) in [6, 6.07) is 4.23. The van der Waals surface area contributed by atoms with E-state index in [0.717, 1.165) is 10.7 Å². The Hall–Kier alpha value is -1.23. The lowest BCUT2D eigenvalue weighted by Crippen LogP contribution is -2.07. The van der Waals surface area contributed by atoms with Crippen LogP contribution in [0.5, 0.6) is 0 Å². The first-order chi connectivity index (χ1) is 6.98. The van der Waals surface area contributed by atoms with Crippen LogP contribution < -0.4 is 0 Å². The number of tetrazole rings is 1. The number of aryl methyl sites for hydroxylation is 1. The number of thiophene rings is 1. The summed E-state index contributed by atoms with van der Waals surface area (Å²) in [4.78, 5) is 2.47. The minimum Gasteiger partial charge on any atom is -0.228 e. The summed E-state index contributed by atoms with van der Waals surface area (Å²) in [5, 5.41) is 11.5. The molecule has 0 N–H and O–H groups in total. The van der Waals surface area contributed by atoms with Gasteiger partial charge in [0.25, 0.3) is 0 Å². The smallest absolute Gasteiger partial charge is 0.191 e. The number of nitrogens with zero attached hydrogens (tertiary/aromatic N) is 4. The monoisotopic (exact) mass is 222 g/mol. The molecule has 0 fully saturated rings. The van der Waals surface area contributed by atoms with E-state index in [0.29, 0.717) is 0 Å². The number of hydrogen-bond acceptors (Lipinski definition) is 4. The van der Waals surface area contributed by atoms with Gasteiger partial charge in [-0.15, -0.1) is 16.4 Å². The third-order valence-electron chi connectivity index (χ3n) is 2.19. The Balaban J connectivity index is 2.41. The molecule has 5 heteroatoms. The van der Waals surface area contributed by atoms with E-state index in [2.05, 4.69) is 48.4 Å². The van der Waals surface area contributed by atoms with Crippen molar-refractivity contribution in [1.82, 2.24) is 20.2 Å². The molecule has 0 saturated carbocycles. The Morgan fingerprint density at radius 3 is 2.47 bits per heavy atom. The van der Waals surface area contributed by atoms with E-state index in [-0.39, 0.29) is 5.41 Å². The van der Waals surface area contributed by atoms with Crippen molar-refractivity contribution in [1.29, 1.82) is 0 Å². The van der Waals surface area contributed by atoms with Crippen LogP contribution in [0.4, 0.5) is 0 Å². The predicted molar refractivity (Wildman–Crippen MR) is 60.8 cm³/mol. The van der Waals surface area contributed by atoms with Gasteiger partial charge in [-0.05, 0) is 28.0 Å². The minimum atomic E-state index is 0.189. The van der Waals surface area contributed by atoms with Gasteiger partial charge in [0.05, 0.1) is 4.88 Å². The summed E-state index contributed by atoms with van der Waals surface area (Å²) < 4.78 is 1.69. The molecule has 0 aliphatic carbocycles. The second kappa shape index (κ2) is 3.41. The molecule has 0 spiro atoms. The Labute approximate surface area is 92.9 Å². The van der Waals surface area contributed by atoms with Crippen LogP contribution in [0.1, 0.15) is 25.6 Å². The molecule has 0 aromatic carbocycles. The van der Waals surface area contributed by atoms with Crippen molar-refractivity contribution in [3.63, 3.8) is 0 Å². The molecule has 0 atom stereocenters. The molecular weight excluding hydrogens is 208 g/mol. The fourth-order valence-corrected chi connectivity index (χ4v) is 2.38. The first-order valence-corrected chi connectivity index (χ1v) is 5.63. The van der Waals surface area contributed by atoms with Crippen LogP contribution >= 0.6 is 11.3 Å². The largest absolute Gasteiger partial charge is 0.228 e. The zero-order valence-corrected chi connectivity index (χ0v) is 10.2. The average molecular weight is 222 g/mol. The summed E-state index contributed by atoms with van der Waals surface area (Å²) in [5.41, 5.74) is 0.189. The molecule has 2 rings (SSSR count). The van der Waals surface area contributed by atoms with Crippen molar-refractivity contribution in [2.24, 2.45) is 7.05 Å². The van der Waals surface area contributed by atoms with Crippen LogP contribution in [-0.2, 0) is 12.5 Å². The maximum absolute atomic E-state index is 3.99. The maximum Gasteiger partial charge on any atom is 0.191 e. The average Bonchev–Trinajstić information content (AvgIpc) is 2.69. The number of rotatable bonds is 1. The van der Waals surface area contributed by atoms with E-state index in [1.165, 1.54) is 4.88 Å². The molecular formula is C10H14N4S. The lowest BCUT2D eigenvalue weighted by atomic mass is 9.95. The van der Waals surface area contributed by atoms with Crippen LogP contribution in [0.2, 0.25) is 0 Å². The fraction of sp³-hybridized carbons (Fsp3) is 0.500. The van der Waals surface area contributed by atoms with Gasteiger partial charge >= 0.3 is 0 Å². The van der Waals surface area contributed by atoms with Gasteiger partial charge < -0.3 is 0 Å². The van der Waals surface area contributed by atoms with Gasteiger partial charge in [0.1, 0.15) is 0 Å². The van der Waals surface area contributed by atoms with Gasteiger partial charge in [-0.2, -0.15) is 0 Å². The van der Waals surface area contributed by atoms with Crippen molar-refractivity contribution in [2.45, 2.75) is 26.2 Å². The molecule has 0 bridgehead atoms. The van der Waals surface area contributed by atoms with Gasteiger partial charge in [0, 0.05) is 11.9 Å². The van der Waals surface area contributed by atoms with E-state index in [4.69, 9.17) is 0 Å². The Morgan fingerprint density at radius 2 is 2.00 bits per heavy atom. The lowest BCUT2D eigenvalue weighted by molar-refractivity contribution is 0.604. The number of hydrogen-bond donors (Lipinski definition) is 0. The molecule has 0 saturated heterocycles. The molecule has 15 heavy (non-hydrogen) atoms. The van der Waals surface area contributed by atoms with Crippen LogP contribution in [0, 0.1) is 0 Å². The Bertz CT molecular complexity index is 464. The van der Waals surface area contributed by atoms with Gasteiger partial charge in [0.2, 0.25) is 0 Å². The van der Waals surface area contributed by atoms with E-state index in [1.54, 1.807) is 16.0 Å². The van der Waals surface area contributed by atoms with E-state index >= 15 is 0 Å². The standard InChI is InChI=1S/C10H14N4S/c1-10(2,3)8-6-5-7(15-8)9-11-12-13-14(9)4/h5-6H,1-4H3. The van der Waals surface area contributed by atoms with Crippen molar-refractivity contribution in [3.05, 3.63) is 17.0 Å². The fourth-order valence-electron chi connectivity index (χ4n) is 1.30. The maximum atomic E-state index is 3.99. The van der Waals surface area contributed by atoms with Gasteiger partial charge in [-0.3, -0.25) is 0 Å². The van der Waals surface area contributed by atoms with Gasteiger partial charge in [0.15, 0.2) is 5.82 Å². The normalized spacial score (nSPS) is 12.0. The van der Waals surface area contributed by atoms with Gasteiger partial charge in [-0.1, -0.05) is 20.8 Å². The highest BCUT2D eigenvalue weighted by Crippen LogP contribution is 2.33. The number of aromatic nitrogens is 4. The highest BCUT2D eigenvalue weighted by Gasteiger charge is 2.18. The van der Waals surface area contributed by atoms with Crippen LogP contribution in [-0.4, -0.2) is 20.2 Å². The zero-order chi connectivity index (χ0) is 11.1. The second-order valence-corrected chi connectivity index (χ2v) is 5.62. The van der Waals surface area contributed by atoms with Crippen LogP contribution in [0.3, 0.4) is 0 Å². The molecule has 0 aliphatic heterocycles. The predicted octanol–water partition coefficient (Wildman–Crippen LogP) is 2.24. The SMILES string of the molecule is Cn1nnnc1-c1ccc(C(C)(C)C)s1. The van der Waals surface area contributed by atoms with Crippen molar-refractivity contribution < 1.29 is 0 Å². The summed E-state index contributed by atoms with van der Waals surface area (Å²) in [7, 11) is 1.85. The van der Waals surface area contributed by atoms with Crippen molar-refractivity contribution >= 4 is 11.3 Å². The summed E-state index contributed by atoms with van der Waals surface area (Å²) >= 11 is 1.75. The van der Waals surface area contributed by atoms with E-state index in [1.807, 2.05) is 7.05 Å². The summed E-state index contributed by atoms with van der Waals surface area (Å²) in [6.07, 6.45) is 0. The molecule has 2 aromatic rings. The lowest BCUT2D eigenvalue weighted by Gasteiger charge is -2.15. The first kappa shape index (κ1) is 10.3. The highest BCUT2D eigenvalue weighted by atomic mass is 32.1. The molecule has 2 heterocycles. The summed E-state index contributed by atoms with van der Waals surface area (Å²) in [6.45, 7) is 6.62. The molecule has 0 radical (unpaired) electrons. The molecule has 0 unspecified atom stereocenters. The quantitative estimate of drug-likeness (QED) is 0.743. The molecule has 4 nitrogen and oxygen atoms in total. The first-order valence-electron chi connectivity index (χ1n) is 4.81. The molecule has 80 valence electrons. The molecule has 0 aliphatic rings. The Kier molecular flexibility index (Phi) is 2.34. The topological polar surface area (TPSA) is 43.6 Å². The summed E-state index contributed by atoms with van der Waals surface area (Å²) in [5.74, 6) is 0.829.